The van der Waals surface area contributed by atoms with Crippen molar-refractivity contribution in [2.75, 3.05) is 31.2 Å². The first-order valence-corrected chi connectivity index (χ1v) is 5.87. The van der Waals surface area contributed by atoms with Crippen molar-refractivity contribution >= 4 is 16.3 Å². The smallest absolute Gasteiger partial charge is 0.111 e. The Morgan fingerprint density at radius 3 is 2.71 bits per heavy atom. The van der Waals surface area contributed by atoms with E-state index >= 15 is 0 Å². The van der Waals surface area contributed by atoms with E-state index in [0.717, 1.165) is 26.3 Å². The summed E-state index contributed by atoms with van der Waals surface area (Å²) in [6.07, 6.45) is 1.99. The molecule has 1 aromatic rings. The molecule has 0 radical (unpaired) electrons. The monoisotopic (exact) mass is 212 g/mol. The number of aromatic nitrogens is 1. The molecule has 3 nitrogen and oxygen atoms in total. The minimum atomic E-state index is 0.537. The fourth-order valence-corrected chi connectivity index (χ4v) is 2.45. The van der Waals surface area contributed by atoms with Gasteiger partial charge in [0.15, 0.2) is 0 Å². The predicted molar refractivity (Wildman–Crippen MR) is 59.2 cm³/mol. The third-order valence-corrected chi connectivity index (χ3v) is 3.69. The number of anilines is 1. The Morgan fingerprint density at radius 1 is 1.43 bits per heavy atom. The lowest BCUT2D eigenvalue weighted by Crippen LogP contribution is -2.35. The molecule has 0 bridgehead atoms. The zero-order valence-corrected chi connectivity index (χ0v) is 9.51. The first-order valence-electron chi connectivity index (χ1n) is 5.06. The highest BCUT2D eigenvalue weighted by atomic mass is 32.1. The largest absolute Gasteiger partial charge is 0.378 e. The first-order chi connectivity index (χ1) is 6.77. The quantitative estimate of drug-likeness (QED) is 0.750. The number of thiazole rings is 1. The average molecular weight is 212 g/mol. The Morgan fingerprint density at radius 2 is 2.14 bits per heavy atom. The van der Waals surface area contributed by atoms with Crippen LogP contribution in [0.4, 0.5) is 5.00 Å². The molecule has 78 valence electrons. The molecular weight excluding hydrogens is 196 g/mol. The summed E-state index contributed by atoms with van der Waals surface area (Å²) in [7, 11) is 0. The zero-order valence-electron chi connectivity index (χ0n) is 8.69. The second-order valence-electron chi connectivity index (χ2n) is 3.79. The maximum absolute atomic E-state index is 5.32. The molecule has 0 N–H and O–H groups in total. The summed E-state index contributed by atoms with van der Waals surface area (Å²) >= 11 is 1.81. The van der Waals surface area contributed by atoms with E-state index in [1.807, 2.05) is 6.20 Å². The average Bonchev–Trinajstić information content (AvgIpc) is 2.68. The molecule has 4 heteroatoms. The molecule has 2 heterocycles. The fraction of sp³-hybridized carbons (Fsp3) is 0.700. The van der Waals surface area contributed by atoms with Crippen molar-refractivity contribution in [3.63, 3.8) is 0 Å². The summed E-state index contributed by atoms with van der Waals surface area (Å²) in [4.78, 5) is 6.78. The topological polar surface area (TPSA) is 25.4 Å². The molecule has 0 unspecified atom stereocenters. The van der Waals surface area contributed by atoms with Crippen LogP contribution in [0, 0.1) is 0 Å². The van der Waals surface area contributed by atoms with Crippen molar-refractivity contribution < 1.29 is 4.74 Å². The molecule has 0 amide bonds. The molecule has 1 saturated heterocycles. The standard InChI is InChI=1S/C10H16N2OS/c1-8(2)10-11-7-9(14-10)12-3-5-13-6-4-12/h7-8H,3-6H2,1-2H3. The van der Waals surface area contributed by atoms with E-state index < -0.39 is 0 Å². The van der Waals surface area contributed by atoms with Crippen LogP contribution in [0.5, 0.6) is 0 Å². The van der Waals surface area contributed by atoms with Crippen molar-refractivity contribution in [3.05, 3.63) is 11.2 Å². The van der Waals surface area contributed by atoms with Gasteiger partial charge >= 0.3 is 0 Å². The van der Waals surface area contributed by atoms with Gasteiger partial charge in [0, 0.05) is 19.0 Å². The molecule has 0 saturated carbocycles. The summed E-state index contributed by atoms with van der Waals surface area (Å²) in [5.74, 6) is 0.537. The number of morpholine rings is 1. The SMILES string of the molecule is CC(C)c1ncc(N2CCOCC2)s1. The van der Waals surface area contributed by atoms with Gasteiger partial charge in [-0.05, 0) is 0 Å². The van der Waals surface area contributed by atoms with Crippen LogP contribution >= 0.6 is 11.3 Å². The maximum atomic E-state index is 5.32. The Hall–Kier alpha value is -0.610. The number of nitrogens with zero attached hydrogens (tertiary/aromatic N) is 2. The van der Waals surface area contributed by atoms with E-state index in [-0.39, 0.29) is 0 Å². The Bertz CT molecular complexity index is 292. The molecule has 2 rings (SSSR count). The maximum Gasteiger partial charge on any atom is 0.111 e. The molecule has 0 atom stereocenters. The van der Waals surface area contributed by atoms with Crippen LogP contribution in [-0.2, 0) is 4.74 Å². The predicted octanol–water partition coefficient (Wildman–Crippen LogP) is 2.10. The normalized spacial score (nSPS) is 17.8. The Labute approximate surface area is 88.7 Å². The first kappa shape index (κ1) is 9.93. The fourth-order valence-electron chi connectivity index (χ4n) is 1.48. The highest BCUT2D eigenvalue weighted by Gasteiger charge is 2.14. The van der Waals surface area contributed by atoms with Crippen molar-refractivity contribution in [3.8, 4) is 0 Å². The summed E-state index contributed by atoms with van der Waals surface area (Å²) in [6.45, 7) is 8.05. The molecule has 1 aliphatic heterocycles. The summed E-state index contributed by atoms with van der Waals surface area (Å²) in [5.41, 5.74) is 0. The highest BCUT2D eigenvalue weighted by molar-refractivity contribution is 7.15. The van der Waals surface area contributed by atoms with Crippen molar-refractivity contribution in [2.24, 2.45) is 0 Å². The van der Waals surface area contributed by atoms with Gasteiger partial charge in [0.25, 0.3) is 0 Å². The second kappa shape index (κ2) is 4.28. The van der Waals surface area contributed by atoms with Gasteiger partial charge < -0.3 is 9.64 Å². The molecule has 1 aromatic heterocycles. The van der Waals surface area contributed by atoms with E-state index in [9.17, 15) is 0 Å². The number of rotatable bonds is 2. The van der Waals surface area contributed by atoms with Crippen LogP contribution < -0.4 is 4.90 Å². The molecule has 0 aromatic carbocycles. The van der Waals surface area contributed by atoms with Crippen molar-refractivity contribution in [2.45, 2.75) is 19.8 Å². The summed E-state index contributed by atoms with van der Waals surface area (Å²) < 4.78 is 5.32. The van der Waals surface area contributed by atoms with Gasteiger partial charge in [0.1, 0.15) is 5.00 Å². The van der Waals surface area contributed by atoms with Gasteiger partial charge in [-0.25, -0.2) is 4.98 Å². The van der Waals surface area contributed by atoms with E-state index in [2.05, 4.69) is 23.7 Å². The van der Waals surface area contributed by atoms with Gasteiger partial charge in [-0.2, -0.15) is 0 Å². The lowest BCUT2D eigenvalue weighted by molar-refractivity contribution is 0.123. The summed E-state index contributed by atoms with van der Waals surface area (Å²) in [5, 5.41) is 2.52. The third-order valence-electron chi connectivity index (χ3n) is 2.33. The van der Waals surface area contributed by atoms with Crippen LogP contribution in [-0.4, -0.2) is 31.3 Å². The molecule has 1 fully saturated rings. The van der Waals surface area contributed by atoms with Gasteiger partial charge in [0.2, 0.25) is 0 Å². The van der Waals surface area contributed by atoms with Gasteiger partial charge in [0.05, 0.1) is 24.4 Å². The van der Waals surface area contributed by atoms with Crippen LogP contribution in [0.25, 0.3) is 0 Å². The highest BCUT2D eigenvalue weighted by Crippen LogP contribution is 2.28. The molecule has 14 heavy (non-hydrogen) atoms. The van der Waals surface area contributed by atoms with Crippen LogP contribution in [0.1, 0.15) is 24.8 Å². The third kappa shape index (κ3) is 2.07. The van der Waals surface area contributed by atoms with Gasteiger partial charge in [-0.15, -0.1) is 11.3 Å². The number of hydrogen-bond acceptors (Lipinski definition) is 4. The number of ether oxygens (including phenoxy) is 1. The number of hydrogen-bond donors (Lipinski definition) is 0. The minimum Gasteiger partial charge on any atom is -0.378 e. The van der Waals surface area contributed by atoms with Gasteiger partial charge in [-0.3, -0.25) is 0 Å². The van der Waals surface area contributed by atoms with E-state index in [1.165, 1.54) is 10.0 Å². The lowest BCUT2D eigenvalue weighted by atomic mass is 10.2. The lowest BCUT2D eigenvalue weighted by Gasteiger charge is -2.26. The Kier molecular flexibility index (Phi) is 3.03. The zero-order chi connectivity index (χ0) is 9.97. The molecule has 1 aliphatic rings. The molecular formula is C10H16N2OS. The van der Waals surface area contributed by atoms with Crippen LogP contribution in [0.3, 0.4) is 0 Å². The summed E-state index contributed by atoms with van der Waals surface area (Å²) in [6, 6.07) is 0. The van der Waals surface area contributed by atoms with E-state index in [1.54, 1.807) is 11.3 Å². The molecule has 0 spiro atoms. The Balaban J connectivity index is 2.07. The van der Waals surface area contributed by atoms with Crippen molar-refractivity contribution in [1.82, 2.24) is 4.98 Å². The van der Waals surface area contributed by atoms with Crippen molar-refractivity contribution in [1.29, 1.82) is 0 Å². The van der Waals surface area contributed by atoms with Gasteiger partial charge in [-0.1, -0.05) is 13.8 Å². The van der Waals surface area contributed by atoms with E-state index in [0.29, 0.717) is 5.92 Å². The van der Waals surface area contributed by atoms with E-state index in [4.69, 9.17) is 4.74 Å². The second-order valence-corrected chi connectivity index (χ2v) is 4.83. The van der Waals surface area contributed by atoms with Crippen LogP contribution in [0.15, 0.2) is 6.20 Å². The van der Waals surface area contributed by atoms with Crippen LogP contribution in [0.2, 0.25) is 0 Å². The molecule has 0 aliphatic carbocycles. The minimum absolute atomic E-state index is 0.537.